The van der Waals surface area contributed by atoms with Gasteiger partial charge in [0.05, 0.1) is 0 Å². The molecule has 0 aliphatic carbocycles. The number of nitrogens with zero attached hydrogens (tertiary/aromatic N) is 5. The lowest BCUT2D eigenvalue weighted by atomic mass is 9.92. The van der Waals surface area contributed by atoms with E-state index in [1.54, 1.807) is 17.2 Å². The van der Waals surface area contributed by atoms with Gasteiger partial charge in [-0.15, -0.1) is 0 Å². The molecular weight excluding hydrogens is 488 g/mol. The van der Waals surface area contributed by atoms with Crippen molar-refractivity contribution in [3.05, 3.63) is 84.5 Å². The van der Waals surface area contributed by atoms with Gasteiger partial charge in [0.15, 0.2) is 0 Å². The number of imidazole rings is 1. The summed E-state index contributed by atoms with van der Waals surface area (Å²) in [6, 6.07) is 19.5. The number of fused-ring (bicyclic) bond motifs is 1. The van der Waals surface area contributed by atoms with E-state index in [2.05, 4.69) is 11.1 Å². The number of hydrogen-bond acceptors (Lipinski definition) is 6. The molecule has 8 heteroatoms. The van der Waals surface area contributed by atoms with Gasteiger partial charge < -0.3 is 15.4 Å². The lowest BCUT2D eigenvalue weighted by Gasteiger charge is -2.32. The maximum Gasteiger partial charge on any atom is 0.264 e. The van der Waals surface area contributed by atoms with Crippen LogP contribution in [0.2, 0.25) is 0 Å². The van der Waals surface area contributed by atoms with E-state index in [0.717, 1.165) is 46.9 Å². The molecule has 2 aromatic heterocycles. The van der Waals surface area contributed by atoms with Gasteiger partial charge in [-0.1, -0.05) is 45.0 Å². The Morgan fingerprint density at radius 1 is 1.13 bits per heavy atom. The molecule has 0 bridgehead atoms. The number of benzene rings is 2. The third-order valence-corrected chi connectivity index (χ3v) is 6.72. The maximum absolute atomic E-state index is 13.3. The number of nitrogen functional groups attached to an aromatic ring is 1. The van der Waals surface area contributed by atoms with Crippen LogP contribution in [0.4, 0.5) is 5.82 Å². The molecule has 39 heavy (non-hydrogen) atoms. The van der Waals surface area contributed by atoms with Crippen LogP contribution >= 0.6 is 0 Å². The highest BCUT2D eigenvalue weighted by molar-refractivity contribution is 5.97. The predicted molar refractivity (Wildman–Crippen MR) is 151 cm³/mol. The van der Waals surface area contributed by atoms with Gasteiger partial charge >= 0.3 is 0 Å². The Hall–Kier alpha value is -4.64. The van der Waals surface area contributed by atoms with Crippen molar-refractivity contribution in [3.8, 4) is 28.8 Å². The summed E-state index contributed by atoms with van der Waals surface area (Å²) in [6.45, 7) is 7.03. The normalized spacial score (nSPS) is 16.2. The number of amides is 1. The van der Waals surface area contributed by atoms with Crippen molar-refractivity contribution in [2.45, 2.75) is 39.5 Å². The first-order valence-corrected chi connectivity index (χ1v) is 13.1. The van der Waals surface area contributed by atoms with Gasteiger partial charge in [-0.05, 0) is 54.7 Å². The van der Waals surface area contributed by atoms with Gasteiger partial charge in [-0.3, -0.25) is 9.20 Å². The first-order valence-electron chi connectivity index (χ1n) is 13.1. The molecule has 0 saturated carbocycles. The molecule has 2 aromatic carbocycles. The van der Waals surface area contributed by atoms with E-state index in [0.29, 0.717) is 18.9 Å². The highest BCUT2D eigenvalue weighted by Crippen LogP contribution is 2.35. The molecule has 1 fully saturated rings. The summed E-state index contributed by atoms with van der Waals surface area (Å²) in [5.74, 6) is 2.46. The number of ether oxygens (including phenoxy) is 1. The minimum absolute atomic E-state index is 0.0129. The zero-order chi connectivity index (χ0) is 27.6. The lowest BCUT2D eigenvalue weighted by molar-refractivity contribution is -0.128. The van der Waals surface area contributed by atoms with Crippen LogP contribution in [0, 0.1) is 16.7 Å². The Bertz CT molecular complexity index is 1560. The van der Waals surface area contributed by atoms with E-state index in [9.17, 15) is 10.1 Å². The maximum atomic E-state index is 13.3. The molecular formula is C31H32N6O2. The van der Waals surface area contributed by atoms with Gasteiger partial charge in [0.1, 0.15) is 46.0 Å². The Morgan fingerprint density at radius 2 is 1.85 bits per heavy atom. The van der Waals surface area contributed by atoms with Crippen LogP contribution in [0.15, 0.2) is 78.6 Å². The number of likely N-dealkylation sites (tertiary alicyclic amines) is 1. The lowest BCUT2D eigenvalue weighted by Crippen LogP contribution is -2.40. The number of rotatable bonds is 5. The van der Waals surface area contributed by atoms with Crippen LogP contribution in [-0.2, 0) is 4.79 Å². The fraction of sp³-hybridized carbons (Fsp3) is 0.290. The van der Waals surface area contributed by atoms with Gasteiger partial charge in [-0.2, -0.15) is 5.26 Å². The minimum Gasteiger partial charge on any atom is -0.457 e. The summed E-state index contributed by atoms with van der Waals surface area (Å²) in [7, 11) is 0. The smallest absolute Gasteiger partial charge is 0.264 e. The van der Waals surface area contributed by atoms with E-state index in [4.69, 9.17) is 15.5 Å². The van der Waals surface area contributed by atoms with E-state index < -0.39 is 0 Å². The quantitative estimate of drug-likeness (QED) is 0.256. The zero-order valence-electron chi connectivity index (χ0n) is 22.5. The van der Waals surface area contributed by atoms with Gasteiger partial charge in [-0.25, -0.2) is 9.97 Å². The van der Waals surface area contributed by atoms with Crippen molar-refractivity contribution in [1.29, 1.82) is 5.26 Å². The number of carbonyl (C=O) groups is 1. The summed E-state index contributed by atoms with van der Waals surface area (Å²) in [5, 5.41) is 9.66. The Kier molecular flexibility index (Phi) is 7.07. The minimum atomic E-state index is -0.268. The van der Waals surface area contributed by atoms with Crippen molar-refractivity contribution in [2.24, 2.45) is 5.41 Å². The van der Waals surface area contributed by atoms with Crippen molar-refractivity contribution in [3.63, 3.8) is 0 Å². The summed E-state index contributed by atoms with van der Waals surface area (Å²) >= 11 is 0. The number of para-hydroxylation sites is 1. The summed E-state index contributed by atoms with van der Waals surface area (Å²) < 4.78 is 7.93. The summed E-state index contributed by atoms with van der Waals surface area (Å²) in [6.07, 6.45) is 6.98. The second kappa shape index (κ2) is 10.6. The van der Waals surface area contributed by atoms with Crippen LogP contribution < -0.4 is 10.5 Å². The molecule has 1 aliphatic rings. The molecule has 8 nitrogen and oxygen atoms in total. The number of carbonyl (C=O) groups excluding carboxylic acids is 1. The third-order valence-electron chi connectivity index (χ3n) is 6.72. The second-order valence-electron chi connectivity index (χ2n) is 10.9. The first-order chi connectivity index (χ1) is 18.7. The van der Waals surface area contributed by atoms with Crippen molar-refractivity contribution in [1.82, 2.24) is 19.3 Å². The number of anilines is 1. The topological polar surface area (TPSA) is 110 Å². The zero-order valence-corrected chi connectivity index (χ0v) is 22.5. The molecule has 1 saturated heterocycles. The molecule has 1 aliphatic heterocycles. The average molecular weight is 521 g/mol. The van der Waals surface area contributed by atoms with Crippen LogP contribution in [-0.4, -0.2) is 38.3 Å². The van der Waals surface area contributed by atoms with Crippen LogP contribution in [0.5, 0.6) is 11.5 Å². The van der Waals surface area contributed by atoms with Crippen LogP contribution in [0.3, 0.4) is 0 Å². The molecule has 1 amide bonds. The highest BCUT2D eigenvalue weighted by Gasteiger charge is 2.31. The number of nitriles is 1. The first kappa shape index (κ1) is 26.0. The molecule has 4 aromatic rings. The number of allylic oxidation sites excluding steroid dienone is 1. The molecule has 0 radical (unpaired) electrons. The van der Waals surface area contributed by atoms with E-state index >= 15 is 0 Å². The fourth-order valence-corrected chi connectivity index (χ4v) is 5.00. The Morgan fingerprint density at radius 3 is 2.54 bits per heavy atom. The van der Waals surface area contributed by atoms with Gasteiger partial charge in [0.2, 0.25) is 0 Å². The second-order valence-corrected chi connectivity index (χ2v) is 10.9. The van der Waals surface area contributed by atoms with Crippen molar-refractivity contribution >= 4 is 17.2 Å². The number of piperidine rings is 1. The molecule has 3 heterocycles. The molecule has 1 atom stereocenters. The highest BCUT2D eigenvalue weighted by atomic mass is 16.5. The number of aromatic nitrogens is 3. The standard InChI is InChI=1S/C31H32N6O2/c1-31(2,3)18-23(19-32)30(38)36-16-7-8-22(20-36)29-35-26(27-28(33)34-15-17-37(27)29)21-11-13-25(14-12-21)39-24-9-5-4-6-10-24/h4-6,9-15,17-18,22H,7-8,16,20H2,1-3H3,(H2,33,34). The van der Waals surface area contributed by atoms with Crippen LogP contribution in [0.25, 0.3) is 16.8 Å². The van der Waals surface area contributed by atoms with Crippen molar-refractivity contribution < 1.29 is 9.53 Å². The van der Waals surface area contributed by atoms with E-state index in [1.165, 1.54) is 0 Å². The van der Waals surface area contributed by atoms with Gasteiger partial charge in [0, 0.05) is 37.0 Å². The third kappa shape index (κ3) is 5.63. The molecule has 2 N–H and O–H groups in total. The van der Waals surface area contributed by atoms with Crippen LogP contribution in [0.1, 0.15) is 45.4 Å². The average Bonchev–Trinajstić information content (AvgIpc) is 3.33. The molecule has 0 spiro atoms. The largest absolute Gasteiger partial charge is 0.457 e. The van der Waals surface area contributed by atoms with Gasteiger partial charge in [0.25, 0.3) is 5.91 Å². The summed E-state index contributed by atoms with van der Waals surface area (Å²) in [5.41, 5.74) is 8.63. The Labute approximate surface area is 228 Å². The fourth-order valence-electron chi connectivity index (χ4n) is 5.00. The monoisotopic (exact) mass is 520 g/mol. The molecule has 5 rings (SSSR count). The van der Waals surface area contributed by atoms with E-state index in [1.807, 2.05) is 86.0 Å². The SMILES string of the molecule is CC(C)(C)C=C(C#N)C(=O)N1CCCC(c2nc(-c3ccc(Oc4ccccc4)cc3)c3c(N)nccn23)C1. The number of hydrogen-bond donors (Lipinski definition) is 1. The van der Waals surface area contributed by atoms with E-state index in [-0.39, 0.29) is 22.8 Å². The summed E-state index contributed by atoms with van der Waals surface area (Å²) in [4.78, 5) is 24.4. The number of nitrogens with two attached hydrogens (primary N) is 1. The Balaban J connectivity index is 1.46. The predicted octanol–water partition coefficient (Wildman–Crippen LogP) is 5.97. The molecule has 198 valence electrons. The van der Waals surface area contributed by atoms with Crippen molar-refractivity contribution in [2.75, 3.05) is 18.8 Å². The molecule has 1 unspecified atom stereocenters.